The molecule has 0 saturated carbocycles. The molecule has 1 atom stereocenters. The van der Waals surface area contributed by atoms with Gasteiger partial charge in [0.05, 0.1) is 6.10 Å². The summed E-state index contributed by atoms with van der Waals surface area (Å²) >= 11 is 0. The van der Waals surface area contributed by atoms with E-state index in [1.807, 2.05) is 25.1 Å². The SMILES string of the molecule is CC(O)C1CCN(C(=O)NCc2ccc(CN(C)C)c(F)c2)CC1. The molecule has 0 spiro atoms. The molecule has 0 aromatic heterocycles. The highest BCUT2D eigenvalue weighted by atomic mass is 19.1. The summed E-state index contributed by atoms with van der Waals surface area (Å²) in [6, 6.07) is 4.97. The van der Waals surface area contributed by atoms with Gasteiger partial charge in [-0.25, -0.2) is 9.18 Å². The highest BCUT2D eigenvalue weighted by Crippen LogP contribution is 2.20. The zero-order valence-electron chi connectivity index (χ0n) is 14.8. The van der Waals surface area contributed by atoms with E-state index in [-0.39, 0.29) is 23.9 Å². The fraction of sp³-hybridized carbons (Fsp3) is 0.611. The minimum Gasteiger partial charge on any atom is -0.393 e. The normalized spacial score (nSPS) is 17.2. The molecule has 1 aromatic carbocycles. The number of carbonyl (C=O) groups is 1. The number of rotatable bonds is 5. The van der Waals surface area contributed by atoms with Gasteiger partial charge < -0.3 is 20.2 Å². The van der Waals surface area contributed by atoms with Gasteiger partial charge in [0, 0.05) is 31.7 Å². The van der Waals surface area contributed by atoms with Crippen molar-refractivity contribution >= 4 is 6.03 Å². The van der Waals surface area contributed by atoms with E-state index in [1.54, 1.807) is 17.9 Å². The number of hydrogen-bond acceptors (Lipinski definition) is 3. The van der Waals surface area contributed by atoms with Crippen molar-refractivity contribution in [2.45, 2.75) is 39.0 Å². The summed E-state index contributed by atoms with van der Waals surface area (Å²) in [6.45, 7) is 3.97. The lowest BCUT2D eigenvalue weighted by Gasteiger charge is -2.33. The molecule has 1 aliphatic heterocycles. The third-order valence-corrected chi connectivity index (χ3v) is 4.56. The fourth-order valence-corrected chi connectivity index (χ4v) is 3.04. The van der Waals surface area contributed by atoms with Crippen molar-refractivity contribution < 1.29 is 14.3 Å². The molecule has 1 saturated heterocycles. The number of benzene rings is 1. The number of nitrogens with one attached hydrogen (secondary N) is 1. The number of aliphatic hydroxyl groups is 1. The lowest BCUT2D eigenvalue weighted by molar-refractivity contribution is 0.0798. The average Bonchev–Trinajstić information content (AvgIpc) is 2.54. The van der Waals surface area contributed by atoms with Gasteiger partial charge in [0.25, 0.3) is 0 Å². The minimum atomic E-state index is -0.320. The number of aliphatic hydroxyl groups excluding tert-OH is 1. The average molecular weight is 337 g/mol. The summed E-state index contributed by atoms with van der Waals surface area (Å²) in [5, 5.41) is 12.4. The highest BCUT2D eigenvalue weighted by molar-refractivity contribution is 5.74. The van der Waals surface area contributed by atoms with Crippen LogP contribution in [0.15, 0.2) is 18.2 Å². The summed E-state index contributed by atoms with van der Waals surface area (Å²) in [5.41, 5.74) is 1.40. The molecular weight excluding hydrogens is 309 g/mol. The Bertz CT molecular complexity index is 555. The van der Waals surface area contributed by atoms with Crippen LogP contribution < -0.4 is 5.32 Å². The third-order valence-electron chi connectivity index (χ3n) is 4.56. The first-order chi connectivity index (χ1) is 11.4. The predicted molar refractivity (Wildman–Crippen MR) is 92.0 cm³/mol. The van der Waals surface area contributed by atoms with Crippen LogP contribution in [-0.4, -0.2) is 54.2 Å². The van der Waals surface area contributed by atoms with E-state index in [9.17, 15) is 14.3 Å². The second kappa shape index (κ2) is 8.44. The number of likely N-dealkylation sites (tertiary alicyclic amines) is 1. The molecule has 0 bridgehead atoms. The van der Waals surface area contributed by atoms with Crippen LogP contribution in [0, 0.1) is 11.7 Å². The Morgan fingerprint density at radius 3 is 2.62 bits per heavy atom. The first-order valence-corrected chi connectivity index (χ1v) is 8.49. The molecule has 2 rings (SSSR count). The molecule has 134 valence electrons. The Hall–Kier alpha value is -1.66. The molecule has 6 heteroatoms. The number of carbonyl (C=O) groups excluding carboxylic acids is 1. The largest absolute Gasteiger partial charge is 0.393 e. The van der Waals surface area contributed by atoms with E-state index in [2.05, 4.69) is 5.32 Å². The summed E-state index contributed by atoms with van der Waals surface area (Å²) in [5.74, 6) is 0.0283. The van der Waals surface area contributed by atoms with Crippen LogP contribution in [0.4, 0.5) is 9.18 Å². The van der Waals surface area contributed by atoms with E-state index in [0.29, 0.717) is 31.7 Å². The summed E-state index contributed by atoms with van der Waals surface area (Å²) < 4.78 is 14.0. The van der Waals surface area contributed by atoms with Gasteiger partial charge in [-0.2, -0.15) is 0 Å². The van der Waals surface area contributed by atoms with Crippen molar-refractivity contribution in [2.24, 2.45) is 5.92 Å². The Kier molecular flexibility index (Phi) is 6.57. The van der Waals surface area contributed by atoms with Crippen molar-refractivity contribution in [3.63, 3.8) is 0 Å². The molecule has 5 nitrogen and oxygen atoms in total. The topological polar surface area (TPSA) is 55.8 Å². The molecule has 2 N–H and O–H groups in total. The van der Waals surface area contributed by atoms with Crippen LogP contribution in [0.1, 0.15) is 30.9 Å². The van der Waals surface area contributed by atoms with Crippen molar-refractivity contribution in [1.82, 2.24) is 15.1 Å². The number of hydrogen-bond donors (Lipinski definition) is 2. The zero-order valence-corrected chi connectivity index (χ0v) is 14.8. The quantitative estimate of drug-likeness (QED) is 0.866. The maximum Gasteiger partial charge on any atom is 0.317 e. The Morgan fingerprint density at radius 2 is 2.08 bits per heavy atom. The van der Waals surface area contributed by atoms with E-state index in [1.165, 1.54) is 6.07 Å². The number of amides is 2. The minimum absolute atomic E-state index is 0.128. The van der Waals surface area contributed by atoms with Crippen molar-refractivity contribution in [2.75, 3.05) is 27.2 Å². The molecule has 1 fully saturated rings. The molecule has 0 aliphatic carbocycles. The summed E-state index contributed by atoms with van der Waals surface area (Å²) in [7, 11) is 3.79. The van der Waals surface area contributed by atoms with E-state index in [0.717, 1.165) is 18.4 Å². The number of halogens is 1. The van der Waals surface area contributed by atoms with Gasteiger partial charge in [-0.3, -0.25) is 0 Å². The van der Waals surface area contributed by atoms with Crippen LogP contribution in [0.3, 0.4) is 0 Å². The van der Waals surface area contributed by atoms with Crippen LogP contribution in [0.25, 0.3) is 0 Å². The second-order valence-corrected chi connectivity index (χ2v) is 6.89. The molecule has 2 amide bonds. The second-order valence-electron chi connectivity index (χ2n) is 6.89. The van der Waals surface area contributed by atoms with Gasteiger partial charge in [0.1, 0.15) is 5.82 Å². The molecule has 24 heavy (non-hydrogen) atoms. The van der Waals surface area contributed by atoms with Gasteiger partial charge in [-0.05, 0) is 51.4 Å². The van der Waals surface area contributed by atoms with E-state index < -0.39 is 0 Å². The van der Waals surface area contributed by atoms with E-state index >= 15 is 0 Å². The van der Waals surface area contributed by atoms with Gasteiger partial charge in [0.2, 0.25) is 0 Å². The Morgan fingerprint density at radius 1 is 1.42 bits per heavy atom. The predicted octanol–water partition coefficient (Wildman–Crippen LogP) is 2.19. The third kappa shape index (κ3) is 5.18. The fourth-order valence-electron chi connectivity index (χ4n) is 3.04. The lowest BCUT2D eigenvalue weighted by atomic mass is 9.92. The van der Waals surface area contributed by atoms with Gasteiger partial charge >= 0.3 is 6.03 Å². The summed E-state index contributed by atoms with van der Waals surface area (Å²) in [4.78, 5) is 15.9. The molecular formula is C18H28FN3O2. The van der Waals surface area contributed by atoms with Gasteiger partial charge in [-0.1, -0.05) is 12.1 Å². The van der Waals surface area contributed by atoms with Crippen LogP contribution in [0.2, 0.25) is 0 Å². The summed E-state index contributed by atoms with van der Waals surface area (Å²) in [6.07, 6.45) is 1.32. The van der Waals surface area contributed by atoms with Crippen LogP contribution in [-0.2, 0) is 13.1 Å². The van der Waals surface area contributed by atoms with Gasteiger partial charge in [-0.15, -0.1) is 0 Å². The number of nitrogens with zero attached hydrogens (tertiary/aromatic N) is 2. The molecule has 1 heterocycles. The van der Waals surface area contributed by atoms with Gasteiger partial charge in [0.15, 0.2) is 0 Å². The van der Waals surface area contributed by atoms with Crippen LogP contribution in [0.5, 0.6) is 0 Å². The zero-order chi connectivity index (χ0) is 17.7. The maximum absolute atomic E-state index is 14.0. The Labute approximate surface area is 143 Å². The first kappa shape index (κ1) is 18.7. The Balaban J connectivity index is 1.83. The first-order valence-electron chi connectivity index (χ1n) is 8.49. The monoisotopic (exact) mass is 337 g/mol. The van der Waals surface area contributed by atoms with Crippen LogP contribution >= 0.6 is 0 Å². The van der Waals surface area contributed by atoms with E-state index in [4.69, 9.17) is 0 Å². The molecule has 1 aliphatic rings. The molecule has 1 aromatic rings. The molecule has 0 radical (unpaired) electrons. The standard InChI is InChI=1S/C18H28FN3O2/c1-13(23)15-6-8-22(9-7-15)18(24)20-11-14-4-5-16(12-21(2)3)17(19)10-14/h4-5,10,13,15,23H,6-9,11-12H2,1-3H3,(H,20,24). The van der Waals surface area contributed by atoms with Crippen molar-refractivity contribution in [3.05, 3.63) is 35.1 Å². The smallest absolute Gasteiger partial charge is 0.317 e. The highest BCUT2D eigenvalue weighted by Gasteiger charge is 2.25. The number of piperidine rings is 1. The van der Waals surface area contributed by atoms with Crippen molar-refractivity contribution in [1.29, 1.82) is 0 Å². The molecule has 1 unspecified atom stereocenters. The maximum atomic E-state index is 14.0. The lowest BCUT2D eigenvalue weighted by Crippen LogP contribution is -2.45. The van der Waals surface area contributed by atoms with Crippen molar-refractivity contribution in [3.8, 4) is 0 Å². The number of urea groups is 1.